The molecule has 1 aromatic carbocycles. The molecule has 1 aliphatic rings. The molecule has 7 heteroatoms. The van der Waals surface area contributed by atoms with Crippen molar-refractivity contribution in [3.63, 3.8) is 0 Å². The molecule has 1 aliphatic heterocycles. The molecule has 1 saturated heterocycles. The molecule has 3 N–H and O–H groups in total. The fraction of sp³-hybridized carbons (Fsp3) is 0.444. The minimum atomic E-state index is -0.173. The lowest BCUT2D eigenvalue weighted by atomic mass is 9.93. The number of nitrogens with one attached hydrogen (secondary N) is 1. The minimum absolute atomic E-state index is 0.173. The van der Waals surface area contributed by atoms with Gasteiger partial charge in [-0.2, -0.15) is 5.10 Å². The Morgan fingerprint density at radius 3 is 2.68 bits per heavy atom. The number of ether oxygens (including phenoxy) is 1. The summed E-state index contributed by atoms with van der Waals surface area (Å²) in [5.41, 5.74) is 7.54. The van der Waals surface area contributed by atoms with Gasteiger partial charge in [0.15, 0.2) is 0 Å². The van der Waals surface area contributed by atoms with Gasteiger partial charge in [-0.15, -0.1) is 0 Å². The Morgan fingerprint density at radius 1 is 1.36 bits per heavy atom. The van der Waals surface area contributed by atoms with E-state index in [1.165, 1.54) is 16.4 Å². The lowest BCUT2D eigenvalue weighted by molar-refractivity contribution is 0.0944. The number of aryl methyl sites for hydroxylation is 1. The topological polar surface area (TPSA) is 85.4 Å². The molecule has 1 amide bonds. The van der Waals surface area contributed by atoms with Gasteiger partial charge < -0.3 is 15.8 Å². The number of rotatable bonds is 5. The minimum Gasteiger partial charge on any atom is -0.497 e. The van der Waals surface area contributed by atoms with Gasteiger partial charge in [0.2, 0.25) is 0 Å². The van der Waals surface area contributed by atoms with Crippen molar-refractivity contribution in [3.05, 3.63) is 41.6 Å². The number of hydrogen-bond donors (Lipinski definition) is 2. The number of anilines is 1. The molecule has 1 fully saturated rings. The van der Waals surface area contributed by atoms with Gasteiger partial charge >= 0.3 is 0 Å². The number of nitrogen functional groups attached to an aromatic ring is 1. The first-order valence-corrected chi connectivity index (χ1v) is 8.41. The number of methoxy groups -OCH3 is 1. The molecule has 3 rings (SSSR count). The van der Waals surface area contributed by atoms with Gasteiger partial charge in [-0.05, 0) is 43.6 Å². The first kappa shape index (κ1) is 17.3. The quantitative estimate of drug-likeness (QED) is 0.858. The van der Waals surface area contributed by atoms with Crippen LogP contribution in [0.4, 0.5) is 5.82 Å². The van der Waals surface area contributed by atoms with Gasteiger partial charge in [0, 0.05) is 19.6 Å². The SMILES string of the molecule is COc1ccc([C@@H]2[C@H](CNC(=O)c3cnn(C)c3N)CCN2C)cc1. The number of hydrogen-bond acceptors (Lipinski definition) is 5. The Bertz CT molecular complexity index is 740. The average Bonchev–Trinajstić information content (AvgIpc) is 3.16. The maximum Gasteiger partial charge on any atom is 0.256 e. The molecular formula is C18H25N5O2. The van der Waals surface area contributed by atoms with Crippen molar-refractivity contribution in [2.75, 3.05) is 33.0 Å². The van der Waals surface area contributed by atoms with Crippen molar-refractivity contribution in [1.29, 1.82) is 0 Å². The lowest BCUT2D eigenvalue weighted by Gasteiger charge is -2.26. The summed E-state index contributed by atoms with van der Waals surface area (Å²) in [5.74, 6) is 1.41. The molecule has 0 radical (unpaired) electrons. The van der Waals surface area contributed by atoms with Crippen molar-refractivity contribution in [2.24, 2.45) is 13.0 Å². The monoisotopic (exact) mass is 343 g/mol. The van der Waals surface area contributed by atoms with E-state index in [1.54, 1.807) is 14.2 Å². The summed E-state index contributed by atoms with van der Waals surface area (Å²) in [6.45, 7) is 1.61. The highest BCUT2D eigenvalue weighted by atomic mass is 16.5. The van der Waals surface area contributed by atoms with Crippen LogP contribution in [0.3, 0.4) is 0 Å². The largest absolute Gasteiger partial charge is 0.497 e. The molecule has 7 nitrogen and oxygen atoms in total. The number of nitrogens with two attached hydrogens (primary N) is 1. The van der Waals surface area contributed by atoms with Crippen molar-refractivity contribution in [1.82, 2.24) is 20.0 Å². The van der Waals surface area contributed by atoms with Crippen molar-refractivity contribution < 1.29 is 9.53 Å². The van der Waals surface area contributed by atoms with Gasteiger partial charge in [0.05, 0.1) is 13.3 Å². The first-order chi connectivity index (χ1) is 12.0. The van der Waals surface area contributed by atoms with Crippen molar-refractivity contribution in [3.8, 4) is 5.75 Å². The average molecular weight is 343 g/mol. The molecule has 25 heavy (non-hydrogen) atoms. The summed E-state index contributed by atoms with van der Waals surface area (Å²) in [7, 11) is 5.51. The number of amides is 1. The van der Waals surface area contributed by atoms with E-state index in [-0.39, 0.29) is 11.9 Å². The third-order valence-corrected chi connectivity index (χ3v) is 4.99. The van der Waals surface area contributed by atoms with E-state index in [1.807, 2.05) is 12.1 Å². The molecule has 0 bridgehead atoms. The molecule has 0 aliphatic carbocycles. The second-order valence-electron chi connectivity index (χ2n) is 6.52. The molecule has 0 spiro atoms. The Morgan fingerprint density at radius 2 is 2.08 bits per heavy atom. The summed E-state index contributed by atoms with van der Waals surface area (Å²) < 4.78 is 6.73. The fourth-order valence-electron chi connectivity index (χ4n) is 3.51. The Hall–Kier alpha value is -2.54. The lowest BCUT2D eigenvalue weighted by Crippen LogP contribution is -2.32. The second kappa shape index (κ2) is 7.14. The predicted octanol–water partition coefficient (Wildman–Crippen LogP) is 1.43. The second-order valence-corrected chi connectivity index (χ2v) is 6.52. The maximum absolute atomic E-state index is 12.4. The van der Waals surface area contributed by atoms with Crippen LogP contribution in [0.25, 0.3) is 0 Å². The molecule has 134 valence electrons. The zero-order chi connectivity index (χ0) is 18.0. The standard InChI is InChI=1S/C18H25N5O2/c1-22-9-8-13(16(22)12-4-6-14(25-3)7-5-12)10-20-18(24)15-11-21-23(2)17(15)19/h4-7,11,13,16H,8-10,19H2,1-3H3,(H,20,24)/t13-,16+/m0/s1. The van der Waals surface area contributed by atoms with E-state index in [0.717, 1.165) is 18.7 Å². The highest BCUT2D eigenvalue weighted by molar-refractivity contribution is 5.98. The first-order valence-electron chi connectivity index (χ1n) is 8.41. The number of carbonyl (C=O) groups excluding carboxylic acids is 1. The third kappa shape index (κ3) is 3.46. The highest BCUT2D eigenvalue weighted by Gasteiger charge is 2.33. The van der Waals surface area contributed by atoms with Crippen LogP contribution in [0.15, 0.2) is 30.5 Å². The van der Waals surface area contributed by atoms with E-state index in [2.05, 4.69) is 34.5 Å². The number of likely N-dealkylation sites (tertiary alicyclic amines) is 1. The highest BCUT2D eigenvalue weighted by Crippen LogP contribution is 2.36. The molecule has 2 aromatic rings. The zero-order valence-corrected chi connectivity index (χ0v) is 14.9. The van der Waals surface area contributed by atoms with Gasteiger partial charge in [0.25, 0.3) is 5.91 Å². The summed E-state index contributed by atoms with van der Waals surface area (Å²) in [4.78, 5) is 14.7. The van der Waals surface area contributed by atoms with E-state index < -0.39 is 0 Å². The summed E-state index contributed by atoms with van der Waals surface area (Å²) >= 11 is 0. The van der Waals surface area contributed by atoms with Crippen LogP contribution >= 0.6 is 0 Å². The van der Waals surface area contributed by atoms with Crippen molar-refractivity contribution in [2.45, 2.75) is 12.5 Å². The fourth-order valence-corrected chi connectivity index (χ4v) is 3.51. The third-order valence-electron chi connectivity index (χ3n) is 4.99. The zero-order valence-electron chi connectivity index (χ0n) is 14.9. The number of benzene rings is 1. The van der Waals surface area contributed by atoms with E-state index in [9.17, 15) is 4.79 Å². The van der Waals surface area contributed by atoms with Crippen molar-refractivity contribution >= 4 is 11.7 Å². The van der Waals surface area contributed by atoms with Crippen LogP contribution in [0.2, 0.25) is 0 Å². The van der Waals surface area contributed by atoms with Crippen LogP contribution in [0, 0.1) is 5.92 Å². The summed E-state index contributed by atoms with van der Waals surface area (Å²) in [6, 6.07) is 8.43. The number of nitrogens with zero attached hydrogens (tertiary/aromatic N) is 3. The van der Waals surface area contributed by atoms with Crippen LogP contribution in [0.5, 0.6) is 5.75 Å². The normalized spacial score (nSPS) is 20.6. The van der Waals surface area contributed by atoms with Gasteiger partial charge in [0.1, 0.15) is 17.1 Å². The van der Waals surface area contributed by atoms with E-state index in [4.69, 9.17) is 10.5 Å². The molecule has 0 saturated carbocycles. The van der Waals surface area contributed by atoms with Gasteiger partial charge in [-0.1, -0.05) is 12.1 Å². The molecule has 2 atom stereocenters. The van der Waals surface area contributed by atoms with E-state index in [0.29, 0.717) is 23.8 Å². The number of carbonyl (C=O) groups is 1. The maximum atomic E-state index is 12.4. The van der Waals surface area contributed by atoms with Crippen LogP contribution < -0.4 is 15.8 Å². The Balaban J connectivity index is 1.68. The van der Waals surface area contributed by atoms with Gasteiger partial charge in [-0.3, -0.25) is 14.4 Å². The molecule has 1 aromatic heterocycles. The predicted molar refractivity (Wildman–Crippen MR) is 96.4 cm³/mol. The molecular weight excluding hydrogens is 318 g/mol. The summed E-state index contributed by atoms with van der Waals surface area (Å²) in [6.07, 6.45) is 2.54. The van der Waals surface area contributed by atoms with Crippen LogP contribution in [-0.4, -0.2) is 47.8 Å². The Kier molecular flexibility index (Phi) is 4.94. The van der Waals surface area contributed by atoms with Gasteiger partial charge in [-0.25, -0.2) is 0 Å². The van der Waals surface area contributed by atoms with Crippen LogP contribution in [-0.2, 0) is 7.05 Å². The Labute approximate surface area is 147 Å². The smallest absolute Gasteiger partial charge is 0.256 e. The molecule has 0 unspecified atom stereocenters. The number of aromatic nitrogens is 2. The summed E-state index contributed by atoms with van der Waals surface area (Å²) in [5, 5.41) is 7.03. The van der Waals surface area contributed by atoms with Crippen LogP contribution in [0.1, 0.15) is 28.4 Å². The molecule has 2 heterocycles. The van der Waals surface area contributed by atoms with E-state index >= 15 is 0 Å².